The summed E-state index contributed by atoms with van der Waals surface area (Å²) in [6.45, 7) is 2.91. The van der Waals surface area contributed by atoms with E-state index >= 15 is 0 Å². The molecule has 0 aliphatic heterocycles. The molecule has 1 aromatic rings. The van der Waals surface area contributed by atoms with Crippen molar-refractivity contribution in [1.82, 2.24) is 0 Å². The zero-order valence-corrected chi connectivity index (χ0v) is 15.0. The van der Waals surface area contributed by atoms with Crippen molar-refractivity contribution in [3.8, 4) is 5.75 Å². The topological polar surface area (TPSA) is 135 Å². The number of benzene rings is 1. The van der Waals surface area contributed by atoms with Gasteiger partial charge in [-0.15, -0.1) is 0 Å². The van der Waals surface area contributed by atoms with Crippen LogP contribution in [0.3, 0.4) is 0 Å². The number of carbonyl (C=O) groups is 2. The van der Waals surface area contributed by atoms with Gasteiger partial charge in [0.2, 0.25) is 0 Å². The highest BCUT2D eigenvalue weighted by Crippen LogP contribution is 2.43. The van der Waals surface area contributed by atoms with Crippen LogP contribution in [0.5, 0.6) is 5.75 Å². The van der Waals surface area contributed by atoms with Crippen LogP contribution in [0.2, 0.25) is 0 Å². The smallest absolute Gasteiger partial charge is 0.192 e. The Balaban J connectivity index is 2.00. The first kappa shape index (κ1) is 19.3. The Morgan fingerprint density at radius 3 is 2.48 bits per heavy atom. The quantitative estimate of drug-likeness (QED) is 0.524. The third-order valence-corrected chi connectivity index (χ3v) is 5.20. The van der Waals surface area contributed by atoms with E-state index < -0.39 is 35.8 Å². The predicted molar refractivity (Wildman–Crippen MR) is 96.0 cm³/mol. The summed E-state index contributed by atoms with van der Waals surface area (Å²) in [5.74, 6) is -2.68. The van der Waals surface area contributed by atoms with Gasteiger partial charge in [0.15, 0.2) is 11.6 Å². The van der Waals surface area contributed by atoms with Crippen LogP contribution in [0, 0.1) is 12.8 Å². The minimum absolute atomic E-state index is 0.0790. The van der Waals surface area contributed by atoms with E-state index in [-0.39, 0.29) is 35.5 Å². The highest BCUT2D eigenvalue weighted by molar-refractivity contribution is 6.08. The maximum absolute atomic E-state index is 12.6. The number of carbonyl (C=O) groups excluding carboxylic acids is 2. The lowest BCUT2D eigenvalue weighted by Crippen LogP contribution is -2.43. The Labute approximate surface area is 155 Å². The maximum Gasteiger partial charge on any atom is 0.192 e. The molecule has 0 heterocycles. The minimum Gasteiger partial charge on any atom is -0.507 e. The summed E-state index contributed by atoms with van der Waals surface area (Å²) in [6, 6.07) is 3.44. The average molecular weight is 374 g/mol. The molecule has 0 radical (unpaired) electrons. The molecule has 7 nitrogen and oxygen atoms in total. The molecule has 7 heteroatoms. The summed E-state index contributed by atoms with van der Waals surface area (Å²) in [4.78, 5) is 24.7. The number of hydrogen-bond acceptors (Lipinski definition) is 7. The summed E-state index contributed by atoms with van der Waals surface area (Å²) in [7, 11) is 0. The number of phenolic OH excluding ortho intramolecular Hbond substituents is 1. The molecule has 0 saturated carbocycles. The fourth-order valence-electron chi connectivity index (χ4n) is 3.63. The average Bonchev–Trinajstić information content (AvgIpc) is 2.62. The number of aliphatic hydroxyl groups is 4. The number of allylic oxidation sites excluding steroid dienone is 2. The first-order chi connectivity index (χ1) is 12.6. The van der Waals surface area contributed by atoms with Gasteiger partial charge >= 0.3 is 0 Å². The van der Waals surface area contributed by atoms with Crippen molar-refractivity contribution in [2.75, 3.05) is 0 Å². The SMILES string of the molecule is Cc1ccc2c(c1O)C(O)=C1C(=O)CC(C(O)C(=O)C(O)C(C)O)C=C1C2. The molecule has 0 bridgehead atoms. The Hall–Kier alpha value is -2.48. The number of hydrogen-bond donors (Lipinski definition) is 5. The molecule has 0 aromatic heterocycles. The highest BCUT2D eigenvalue weighted by Gasteiger charge is 2.39. The molecule has 4 atom stereocenters. The van der Waals surface area contributed by atoms with Crippen LogP contribution in [0.25, 0.3) is 5.76 Å². The molecule has 3 rings (SSSR count). The Kier molecular flexibility index (Phi) is 4.94. The fraction of sp³-hybridized carbons (Fsp3) is 0.400. The second kappa shape index (κ2) is 6.92. The van der Waals surface area contributed by atoms with E-state index in [1.54, 1.807) is 25.1 Å². The molecule has 144 valence electrons. The van der Waals surface area contributed by atoms with Gasteiger partial charge in [0.05, 0.1) is 17.2 Å². The monoisotopic (exact) mass is 374 g/mol. The molecule has 4 unspecified atom stereocenters. The van der Waals surface area contributed by atoms with Gasteiger partial charge in [-0.1, -0.05) is 18.2 Å². The van der Waals surface area contributed by atoms with E-state index in [1.807, 2.05) is 0 Å². The van der Waals surface area contributed by atoms with Gasteiger partial charge in [0, 0.05) is 12.3 Å². The predicted octanol–water partition coefficient (Wildman–Crippen LogP) is 0.713. The van der Waals surface area contributed by atoms with Crippen molar-refractivity contribution in [3.63, 3.8) is 0 Å². The lowest BCUT2D eigenvalue weighted by atomic mass is 9.75. The molecule has 27 heavy (non-hydrogen) atoms. The number of fused-ring (bicyclic) bond motifs is 2. The molecule has 0 amide bonds. The minimum atomic E-state index is -1.74. The Morgan fingerprint density at radius 1 is 1.19 bits per heavy atom. The van der Waals surface area contributed by atoms with Gasteiger partial charge in [0.25, 0.3) is 0 Å². The van der Waals surface area contributed by atoms with Crippen LogP contribution in [0.15, 0.2) is 29.4 Å². The van der Waals surface area contributed by atoms with Crippen molar-refractivity contribution in [2.45, 2.75) is 45.0 Å². The second-order valence-electron chi connectivity index (χ2n) is 7.18. The third kappa shape index (κ3) is 3.18. The van der Waals surface area contributed by atoms with E-state index in [1.165, 1.54) is 6.92 Å². The normalized spacial score (nSPS) is 22.5. The van der Waals surface area contributed by atoms with E-state index in [0.717, 1.165) is 0 Å². The standard InChI is InChI=1S/C20H22O7/c1-8-3-4-10-5-11-6-12(18(25)20(27)17(24)9(2)21)7-13(22)14(11)19(26)15(10)16(8)23/h3-4,6,9,12,17-18,21,23-26H,5,7H2,1-2H3. The molecule has 5 N–H and O–H groups in total. The molecule has 0 saturated heterocycles. The largest absolute Gasteiger partial charge is 0.507 e. The first-order valence-electron chi connectivity index (χ1n) is 8.70. The number of aromatic hydroxyl groups is 1. The zero-order chi connectivity index (χ0) is 20.0. The first-order valence-corrected chi connectivity index (χ1v) is 8.70. The van der Waals surface area contributed by atoms with Gasteiger partial charge in [-0.3, -0.25) is 9.59 Å². The van der Waals surface area contributed by atoms with Gasteiger partial charge < -0.3 is 25.5 Å². The molecule has 0 spiro atoms. The van der Waals surface area contributed by atoms with Crippen molar-refractivity contribution in [2.24, 2.45) is 5.92 Å². The van der Waals surface area contributed by atoms with Crippen LogP contribution in [0.4, 0.5) is 0 Å². The van der Waals surface area contributed by atoms with Gasteiger partial charge in [0.1, 0.15) is 23.7 Å². The van der Waals surface area contributed by atoms with Crippen molar-refractivity contribution < 1.29 is 35.1 Å². The van der Waals surface area contributed by atoms with Crippen LogP contribution in [-0.2, 0) is 16.0 Å². The van der Waals surface area contributed by atoms with E-state index in [0.29, 0.717) is 16.7 Å². The van der Waals surface area contributed by atoms with Crippen LogP contribution in [0.1, 0.15) is 30.0 Å². The van der Waals surface area contributed by atoms with Crippen LogP contribution >= 0.6 is 0 Å². The van der Waals surface area contributed by atoms with Crippen molar-refractivity contribution in [1.29, 1.82) is 0 Å². The number of aliphatic hydroxyl groups excluding tert-OH is 4. The lowest BCUT2D eigenvalue weighted by molar-refractivity contribution is -0.143. The zero-order valence-electron chi connectivity index (χ0n) is 15.0. The number of rotatable bonds is 4. The molecular formula is C20H22O7. The van der Waals surface area contributed by atoms with Crippen LogP contribution < -0.4 is 0 Å². The summed E-state index contributed by atoms with van der Waals surface area (Å²) >= 11 is 0. The number of ketones is 2. The molecule has 2 aliphatic carbocycles. The summed E-state index contributed by atoms with van der Waals surface area (Å²) in [6.07, 6.45) is -3.17. The number of aryl methyl sites for hydroxylation is 1. The van der Waals surface area contributed by atoms with E-state index in [2.05, 4.69) is 0 Å². The molecular weight excluding hydrogens is 352 g/mol. The van der Waals surface area contributed by atoms with Gasteiger partial charge in [-0.05, 0) is 37.0 Å². The Bertz CT molecular complexity index is 879. The molecule has 0 fully saturated rings. The molecule has 1 aromatic carbocycles. The van der Waals surface area contributed by atoms with E-state index in [4.69, 9.17) is 0 Å². The highest BCUT2D eigenvalue weighted by atomic mass is 16.3. The molecule has 2 aliphatic rings. The maximum atomic E-state index is 12.6. The van der Waals surface area contributed by atoms with Gasteiger partial charge in [-0.2, -0.15) is 0 Å². The number of Topliss-reactive ketones (excluding diaryl/α,β-unsaturated/α-hetero) is 2. The van der Waals surface area contributed by atoms with Crippen molar-refractivity contribution in [3.05, 3.63) is 46.0 Å². The van der Waals surface area contributed by atoms with E-state index in [9.17, 15) is 35.1 Å². The summed E-state index contributed by atoms with van der Waals surface area (Å²) in [5, 5.41) is 50.1. The third-order valence-electron chi connectivity index (χ3n) is 5.20. The summed E-state index contributed by atoms with van der Waals surface area (Å²) < 4.78 is 0. The van der Waals surface area contributed by atoms with Crippen molar-refractivity contribution >= 4 is 17.3 Å². The second-order valence-corrected chi connectivity index (χ2v) is 7.18. The number of phenols is 1. The van der Waals surface area contributed by atoms with Gasteiger partial charge in [-0.25, -0.2) is 0 Å². The lowest BCUT2D eigenvalue weighted by Gasteiger charge is -2.30. The Morgan fingerprint density at radius 2 is 1.85 bits per heavy atom. The fourth-order valence-corrected chi connectivity index (χ4v) is 3.63. The van der Waals surface area contributed by atoms with Crippen LogP contribution in [-0.4, -0.2) is 55.4 Å². The summed E-state index contributed by atoms with van der Waals surface area (Å²) in [5.41, 5.74) is 1.97.